The maximum atomic E-state index is 12.7. The van der Waals surface area contributed by atoms with Crippen molar-refractivity contribution in [3.8, 4) is 0 Å². The van der Waals surface area contributed by atoms with Crippen LogP contribution in [0.2, 0.25) is 0 Å². The topological polar surface area (TPSA) is 112 Å². The van der Waals surface area contributed by atoms with E-state index in [1.807, 2.05) is 25.5 Å². The lowest BCUT2D eigenvalue weighted by Crippen LogP contribution is -2.19. The summed E-state index contributed by atoms with van der Waals surface area (Å²) in [6, 6.07) is 0. The molecule has 0 spiro atoms. The average Bonchev–Trinajstić information content (AvgIpc) is 3.33. The maximum Gasteiger partial charge on any atom is 0.276 e. The van der Waals surface area contributed by atoms with Gasteiger partial charge in [-0.05, 0) is 26.8 Å². The fourth-order valence-corrected chi connectivity index (χ4v) is 2.88. The van der Waals surface area contributed by atoms with Crippen molar-refractivity contribution < 1.29 is 9.59 Å². The summed E-state index contributed by atoms with van der Waals surface area (Å²) in [6.07, 6.45) is 7.82. The number of nitrogens with zero attached hydrogens (tertiary/aromatic N) is 6. The summed E-state index contributed by atoms with van der Waals surface area (Å²) in [7, 11) is 3.43. The Hall–Kier alpha value is -3.69. The summed E-state index contributed by atoms with van der Waals surface area (Å²) >= 11 is 0. The summed E-state index contributed by atoms with van der Waals surface area (Å²) in [5.74, 6) is -0.756. The van der Waals surface area contributed by atoms with E-state index in [0.717, 1.165) is 23.5 Å². The van der Waals surface area contributed by atoms with Crippen LogP contribution in [0.3, 0.4) is 0 Å². The highest BCUT2D eigenvalue weighted by molar-refractivity contribution is 6.10. The third kappa shape index (κ3) is 4.10. The van der Waals surface area contributed by atoms with E-state index in [9.17, 15) is 9.59 Å². The fraction of sp³-hybridized carbons (Fsp3) is 0.316. The van der Waals surface area contributed by atoms with E-state index in [1.165, 1.54) is 17.0 Å². The Morgan fingerprint density at radius 1 is 0.966 bits per heavy atom. The Kier molecular flexibility index (Phi) is 5.62. The molecular formula is C19H24N8O2. The van der Waals surface area contributed by atoms with E-state index in [1.54, 1.807) is 37.2 Å². The van der Waals surface area contributed by atoms with Gasteiger partial charge in [0, 0.05) is 38.0 Å². The van der Waals surface area contributed by atoms with Gasteiger partial charge in [-0.2, -0.15) is 15.3 Å². The third-order valence-corrected chi connectivity index (χ3v) is 4.75. The van der Waals surface area contributed by atoms with Gasteiger partial charge in [0.05, 0.1) is 35.7 Å². The SMILES string of the molecule is CCn1ncc(/C=C/C(=O)Nc2cnn(C)c2C(=O)Nc2cnn(C)c2C)c1C. The maximum absolute atomic E-state index is 12.7. The van der Waals surface area contributed by atoms with Crippen LogP contribution in [-0.4, -0.2) is 41.2 Å². The summed E-state index contributed by atoms with van der Waals surface area (Å²) < 4.78 is 4.92. The molecule has 10 nitrogen and oxygen atoms in total. The molecule has 0 aliphatic rings. The molecule has 0 aromatic carbocycles. The second kappa shape index (κ2) is 8.13. The molecule has 3 aromatic heterocycles. The molecule has 0 unspecified atom stereocenters. The number of anilines is 2. The van der Waals surface area contributed by atoms with Crippen molar-refractivity contribution in [2.24, 2.45) is 14.1 Å². The highest BCUT2D eigenvalue weighted by Crippen LogP contribution is 2.19. The number of hydrogen-bond acceptors (Lipinski definition) is 5. The second-order valence-electron chi connectivity index (χ2n) is 6.58. The molecular weight excluding hydrogens is 372 g/mol. The minimum absolute atomic E-state index is 0.241. The molecule has 3 heterocycles. The van der Waals surface area contributed by atoms with Gasteiger partial charge in [-0.3, -0.25) is 23.6 Å². The summed E-state index contributed by atoms with van der Waals surface area (Å²) in [5, 5.41) is 18.0. The molecule has 0 fully saturated rings. The molecule has 29 heavy (non-hydrogen) atoms. The lowest BCUT2D eigenvalue weighted by atomic mass is 10.2. The Morgan fingerprint density at radius 2 is 1.66 bits per heavy atom. The van der Waals surface area contributed by atoms with E-state index in [4.69, 9.17) is 0 Å². The van der Waals surface area contributed by atoms with Crippen LogP contribution in [-0.2, 0) is 25.4 Å². The van der Waals surface area contributed by atoms with Crippen LogP contribution in [0.15, 0.2) is 24.7 Å². The van der Waals surface area contributed by atoms with Crippen LogP contribution >= 0.6 is 0 Å². The number of nitrogens with one attached hydrogen (secondary N) is 2. The Balaban J connectivity index is 1.74. The number of aromatic nitrogens is 6. The van der Waals surface area contributed by atoms with Crippen molar-refractivity contribution in [3.05, 3.63) is 47.3 Å². The van der Waals surface area contributed by atoms with Gasteiger partial charge in [0.15, 0.2) is 0 Å². The van der Waals surface area contributed by atoms with Gasteiger partial charge in [0.25, 0.3) is 5.91 Å². The summed E-state index contributed by atoms with van der Waals surface area (Å²) in [6.45, 7) is 6.55. The summed E-state index contributed by atoms with van der Waals surface area (Å²) in [4.78, 5) is 25.1. The van der Waals surface area contributed by atoms with Crippen molar-refractivity contribution in [1.29, 1.82) is 0 Å². The van der Waals surface area contributed by atoms with E-state index < -0.39 is 0 Å². The molecule has 0 saturated carbocycles. The molecule has 2 amide bonds. The first-order valence-electron chi connectivity index (χ1n) is 9.15. The smallest absolute Gasteiger partial charge is 0.276 e. The number of amides is 2. The van der Waals surface area contributed by atoms with Crippen LogP contribution in [0.1, 0.15) is 34.4 Å². The molecule has 0 aliphatic heterocycles. The molecule has 0 aliphatic carbocycles. The van der Waals surface area contributed by atoms with Gasteiger partial charge in [-0.15, -0.1) is 0 Å². The molecule has 0 saturated heterocycles. The highest BCUT2D eigenvalue weighted by Gasteiger charge is 2.19. The van der Waals surface area contributed by atoms with E-state index in [-0.39, 0.29) is 17.5 Å². The number of rotatable bonds is 6. The highest BCUT2D eigenvalue weighted by atomic mass is 16.2. The van der Waals surface area contributed by atoms with Crippen LogP contribution < -0.4 is 10.6 Å². The minimum atomic E-state index is -0.388. The normalized spacial score (nSPS) is 11.2. The first kappa shape index (κ1) is 20.1. The molecule has 0 bridgehead atoms. The Morgan fingerprint density at radius 3 is 2.28 bits per heavy atom. The second-order valence-corrected chi connectivity index (χ2v) is 6.58. The van der Waals surface area contributed by atoms with Gasteiger partial charge in [-0.25, -0.2) is 0 Å². The largest absolute Gasteiger partial charge is 0.319 e. The van der Waals surface area contributed by atoms with Gasteiger partial charge < -0.3 is 10.6 Å². The Bertz CT molecular complexity index is 1090. The molecule has 0 radical (unpaired) electrons. The van der Waals surface area contributed by atoms with Crippen LogP contribution in [0, 0.1) is 13.8 Å². The van der Waals surface area contributed by atoms with Crippen LogP contribution in [0.25, 0.3) is 6.08 Å². The van der Waals surface area contributed by atoms with E-state index >= 15 is 0 Å². The lowest BCUT2D eigenvalue weighted by Gasteiger charge is -2.08. The van der Waals surface area contributed by atoms with Crippen molar-refractivity contribution in [1.82, 2.24) is 29.3 Å². The zero-order valence-corrected chi connectivity index (χ0v) is 17.1. The third-order valence-electron chi connectivity index (χ3n) is 4.75. The number of carbonyl (C=O) groups excluding carboxylic acids is 2. The van der Waals surface area contributed by atoms with E-state index in [2.05, 4.69) is 25.9 Å². The monoisotopic (exact) mass is 396 g/mol. The van der Waals surface area contributed by atoms with Crippen LogP contribution in [0.5, 0.6) is 0 Å². The quantitative estimate of drug-likeness (QED) is 0.618. The van der Waals surface area contributed by atoms with Crippen molar-refractivity contribution in [2.45, 2.75) is 27.3 Å². The zero-order chi connectivity index (χ0) is 21.1. The number of carbonyl (C=O) groups is 2. The van der Waals surface area contributed by atoms with Gasteiger partial charge in [0.2, 0.25) is 5.91 Å². The number of aryl methyl sites for hydroxylation is 3. The number of hydrogen-bond donors (Lipinski definition) is 2. The lowest BCUT2D eigenvalue weighted by molar-refractivity contribution is -0.111. The summed E-state index contributed by atoms with van der Waals surface area (Å²) in [5.41, 5.74) is 3.81. The fourth-order valence-electron chi connectivity index (χ4n) is 2.88. The van der Waals surface area contributed by atoms with Gasteiger partial charge >= 0.3 is 0 Å². The van der Waals surface area contributed by atoms with Crippen molar-refractivity contribution in [2.75, 3.05) is 10.6 Å². The first-order chi connectivity index (χ1) is 13.8. The Labute approximate surface area is 168 Å². The predicted octanol–water partition coefficient (Wildman–Crippen LogP) is 1.89. The molecule has 10 heteroatoms. The predicted molar refractivity (Wildman–Crippen MR) is 109 cm³/mol. The van der Waals surface area contributed by atoms with E-state index in [0.29, 0.717) is 11.4 Å². The molecule has 3 rings (SSSR count). The van der Waals surface area contributed by atoms with Crippen molar-refractivity contribution >= 4 is 29.3 Å². The van der Waals surface area contributed by atoms with Gasteiger partial charge in [0.1, 0.15) is 5.69 Å². The minimum Gasteiger partial charge on any atom is -0.319 e. The van der Waals surface area contributed by atoms with Crippen molar-refractivity contribution in [3.63, 3.8) is 0 Å². The van der Waals surface area contributed by atoms with Gasteiger partial charge in [-0.1, -0.05) is 0 Å². The first-order valence-corrected chi connectivity index (χ1v) is 9.15. The molecule has 3 aromatic rings. The molecule has 2 N–H and O–H groups in total. The average molecular weight is 396 g/mol. The van der Waals surface area contributed by atoms with Crippen LogP contribution in [0.4, 0.5) is 11.4 Å². The zero-order valence-electron chi connectivity index (χ0n) is 17.1. The standard InChI is InChI=1S/C19H24N8O2/c1-6-27-12(2)14(9-22-27)7-8-17(28)23-16-11-21-26(5)18(16)19(29)24-15-10-20-25(4)13(15)3/h7-11H,6H2,1-5H3,(H,23,28)(H,24,29)/b8-7+. The molecule has 152 valence electrons. The molecule has 0 atom stereocenters.